The Morgan fingerprint density at radius 1 is 1.42 bits per heavy atom. The Hall–Kier alpha value is -2.78. The number of aryl methyl sites for hydroxylation is 1. The Kier molecular flexibility index (Phi) is 4.54. The second kappa shape index (κ2) is 6.77. The van der Waals surface area contributed by atoms with E-state index >= 15 is 0 Å². The van der Waals surface area contributed by atoms with Crippen molar-refractivity contribution in [3.05, 3.63) is 36.2 Å². The van der Waals surface area contributed by atoms with Crippen LogP contribution in [0, 0.1) is 5.82 Å². The van der Waals surface area contributed by atoms with Crippen molar-refractivity contribution in [1.29, 1.82) is 0 Å². The minimum atomic E-state index is -3.12. The van der Waals surface area contributed by atoms with Crippen molar-refractivity contribution in [2.24, 2.45) is 0 Å². The molecule has 0 radical (unpaired) electrons. The Labute approximate surface area is 134 Å². The summed E-state index contributed by atoms with van der Waals surface area (Å²) in [5, 5.41) is 9.22. The van der Waals surface area contributed by atoms with Crippen LogP contribution in [-0.2, 0) is 6.54 Å². The molecule has 0 fully saturated rings. The number of urea groups is 1. The van der Waals surface area contributed by atoms with Crippen molar-refractivity contribution in [3.63, 3.8) is 0 Å². The van der Waals surface area contributed by atoms with Crippen LogP contribution in [0.3, 0.4) is 0 Å². The molecule has 2 N–H and O–H groups in total. The van der Waals surface area contributed by atoms with E-state index in [9.17, 15) is 18.0 Å². The van der Waals surface area contributed by atoms with Crippen LogP contribution in [0.2, 0.25) is 0 Å². The highest BCUT2D eigenvalue weighted by Crippen LogP contribution is 2.24. The van der Waals surface area contributed by atoms with Crippen LogP contribution < -0.4 is 15.4 Å². The third-order valence-corrected chi connectivity index (χ3v) is 3.53. The van der Waals surface area contributed by atoms with Gasteiger partial charge in [-0.25, -0.2) is 18.9 Å². The Bertz CT molecular complexity index is 737. The Balaban J connectivity index is 1.63. The quantitative estimate of drug-likeness (QED) is 0.896. The molecule has 3 rings (SSSR count). The first-order valence-corrected chi connectivity index (χ1v) is 7.22. The van der Waals surface area contributed by atoms with Gasteiger partial charge < -0.3 is 15.4 Å². The van der Waals surface area contributed by atoms with E-state index in [4.69, 9.17) is 0 Å². The molecule has 1 aromatic heterocycles. The molecule has 0 saturated carbocycles. The van der Waals surface area contributed by atoms with Gasteiger partial charge >= 0.3 is 12.6 Å². The first-order chi connectivity index (χ1) is 11.5. The maximum Gasteiger partial charge on any atom is 0.387 e. The molecule has 7 nitrogen and oxygen atoms in total. The second-order valence-electron chi connectivity index (χ2n) is 5.16. The first kappa shape index (κ1) is 16.1. The van der Waals surface area contributed by atoms with Crippen LogP contribution in [0.1, 0.15) is 24.7 Å². The number of hydrogen-bond donors (Lipinski definition) is 2. The molecule has 1 aromatic carbocycles. The zero-order valence-electron chi connectivity index (χ0n) is 12.4. The van der Waals surface area contributed by atoms with E-state index < -0.39 is 24.2 Å². The SMILES string of the molecule is O=C(Nc1ccc(OC(F)F)c(F)c1)N[C@H]1CCCn2ncnc21. The summed E-state index contributed by atoms with van der Waals surface area (Å²) in [6, 6.07) is 2.34. The van der Waals surface area contributed by atoms with Gasteiger partial charge in [0.15, 0.2) is 11.6 Å². The predicted octanol–water partition coefficient (Wildman–Crippen LogP) is 2.68. The normalized spacial score (nSPS) is 16.6. The Morgan fingerprint density at radius 3 is 3.00 bits per heavy atom. The van der Waals surface area contributed by atoms with Crippen LogP contribution in [-0.4, -0.2) is 27.4 Å². The molecule has 0 bridgehead atoms. The van der Waals surface area contributed by atoms with Gasteiger partial charge in [0.25, 0.3) is 0 Å². The van der Waals surface area contributed by atoms with Crippen molar-refractivity contribution in [2.75, 3.05) is 5.32 Å². The highest BCUT2D eigenvalue weighted by atomic mass is 19.3. The lowest BCUT2D eigenvalue weighted by Crippen LogP contribution is -2.36. The topological polar surface area (TPSA) is 81.1 Å². The van der Waals surface area contributed by atoms with Crippen molar-refractivity contribution >= 4 is 11.7 Å². The highest BCUT2D eigenvalue weighted by molar-refractivity contribution is 5.89. The smallest absolute Gasteiger partial charge is 0.387 e. The molecule has 1 atom stereocenters. The van der Waals surface area contributed by atoms with Gasteiger partial charge in [-0.15, -0.1) is 0 Å². The number of anilines is 1. The summed E-state index contributed by atoms with van der Waals surface area (Å²) in [6.45, 7) is -2.38. The third-order valence-electron chi connectivity index (χ3n) is 3.53. The molecule has 128 valence electrons. The number of fused-ring (bicyclic) bond motifs is 1. The zero-order valence-corrected chi connectivity index (χ0v) is 12.4. The fraction of sp³-hybridized carbons (Fsp3) is 0.357. The fourth-order valence-corrected chi connectivity index (χ4v) is 2.52. The van der Waals surface area contributed by atoms with Gasteiger partial charge in [0.05, 0.1) is 6.04 Å². The number of aromatic nitrogens is 3. The summed E-state index contributed by atoms with van der Waals surface area (Å²) in [5.74, 6) is -0.926. The maximum absolute atomic E-state index is 13.6. The largest absolute Gasteiger partial charge is 0.432 e. The molecule has 24 heavy (non-hydrogen) atoms. The summed E-state index contributed by atoms with van der Waals surface area (Å²) in [5.41, 5.74) is 0.115. The van der Waals surface area contributed by atoms with E-state index in [1.165, 1.54) is 12.4 Å². The monoisotopic (exact) mass is 341 g/mol. The van der Waals surface area contributed by atoms with E-state index in [0.717, 1.165) is 25.1 Å². The third kappa shape index (κ3) is 3.58. The maximum atomic E-state index is 13.6. The molecule has 0 spiro atoms. The number of nitrogens with one attached hydrogen (secondary N) is 2. The molecule has 2 amide bonds. The molecule has 1 aliphatic heterocycles. The number of nitrogens with zero attached hydrogens (tertiary/aromatic N) is 3. The molecule has 1 aliphatic rings. The minimum absolute atomic E-state index is 0.115. The molecule has 2 aromatic rings. The van der Waals surface area contributed by atoms with Gasteiger partial charge in [-0.2, -0.15) is 13.9 Å². The van der Waals surface area contributed by atoms with Crippen LogP contribution in [0.5, 0.6) is 5.75 Å². The van der Waals surface area contributed by atoms with Gasteiger partial charge in [0.2, 0.25) is 0 Å². The number of benzene rings is 1. The standard InChI is InChI=1S/C14H14F3N5O2/c15-9-6-8(3-4-11(9)24-13(16)17)20-14(23)21-10-2-1-5-22-12(10)18-7-19-22/h3-4,6-7,10,13H,1-2,5H2,(H2,20,21,23)/t10-/m0/s1. The molecular weight excluding hydrogens is 327 g/mol. The Morgan fingerprint density at radius 2 is 2.25 bits per heavy atom. The number of hydrogen-bond acceptors (Lipinski definition) is 4. The lowest BCUT2D eigenvalue weighted by molar-refractivity contribution is -0.0521. The lowest BCUT2D eigenvalue weighted by atomic mass is 10.1. The molecule has 0 unspecified atom stereocenters. The van der Waals surface area contributed by atoms with Gasteiger partial charge in [0, 0.05) is 18.3 Å². The van der Waals surface area contributed by atoms with E-state index in [2.05, 4.69) is 25.5 Å². The average Bonchev–Trinajstić information content (AvgIpc) is 2.99. The molecule has 2 heterocycles. The van der Waals surface area contributed by atoms with Crippen molar-refractivity contribution < 1.29 is 22.7 Å². The van der Waals surface area contributed by atoms with Crippen molar-refractivity contribution in [3.8, 4) is 5.75 Å². The van der Waals surface area contributed by atoms with Gasteiger partial charge in [-0.1, -0.05) is 0 Å². The van der Waals surface area contributed by atoms with Crippen molar-refractivity contribution in [1.82, 2.24) is 20.1 Å². The van der Waals surface area contributed by atoms with Crippen LogP contribution in [0.4, 0.5) is 23.7 Å². The van der Waals surface area contributed by atoms with Crippen LogP contribution in [0.15, 0.2) is 24.5 Å². The highest BCUT2D eigenvalue weighted by Gasteiger charge is 2.24. The average molecular weight is 341 g/mol. The van der Waals surface area contributed by atoms with E-state index in [0.29, 0.717) is 12.2 Å². The lowest BCUT2D eigenvalue weighted by Gasteiger charge is -2.23. The molecule has 10 heteroatoms. The summed E-state index contributed by atoms with van der Waals surface area (Å²) in [7, 11) is 0. The number of carbonyl (C=O) groups excluding carboxylic acids is 1. The molecular formula is C14H14F3N5O2. The number of amides is 2. The summed E-state index contributed by atoms with van der Waals surface area (Å²) < 4.78 is 43.5. The second-order valence-corrected chi connectivity index (χ2v) is 5.16. The van der Waals surface area contributed by atoms with E-state index in [1.54, 1.807) is 4.68 Å². The summed E-state index contributed by atoms with van der Waals surface area (Å²) in [4.78, 5) is 16.1. The van der Waals surface area contributed by atoms with Gasteiger partial charge in [-0.05, 0) is 25.0 Å². The number of ether oxygens (including phenoxy) is 1. The first-order valence-electron chi connectivity index (χ1n) is 7.22. The molecule has 0 saturated heterocycles. The predicted molar refractivity (Wildman–Crippen MR) is 77.2 cm³/mol. The fourth-order valence-electron chi connectivity index (χ4n) is 2.52. The van der Waals surface area contributed by atoms with Gasteiger partial charge in [0.1, 0.15) is 12.2 Å². The number of rotatable bonds is 4. The van der Waals surface area contributed by atoms with Crippen LogP contribution in [0.25, 0.3) is 0 Å². The number of halogens is 3. The molecule has 0 aliphatic carbocycles. The van der Waals surface area contributed by atoms with E-state index in [-0.39, 0.29) is 11.7 Å². The van der Waals surface area contributed by atoms with Crippen LogP contribution >= 0.6 is 0 Å². The zero-order chi connectivity index (χ0) is 17.1. The summed E-state index contributed by atoms with van der Waals surface area (Å²) >= 11 is 0. The van der Waals surface area contributed by atoms with E-state index in [1.807, 2.05) is 0 Å². The number of alkyl halides is 2. The number of carbonyl (C=O) groups is 1. The summed E-state index contributed by atoms with van der Waals surface area (Å²) in [6.07, 6.45) is 2.97. The van der Waals surface area contributed by atoms with Crippen molar-refractivity contribution in [2.45, 2.75) is 32.0 Å². The minimum Gasteiger partial charge on any atom is -0.432 e. The van der Waals surface area contributed by atoms with Gasteiger partial charge in [-0.3, -0.25) is 0 Å².